The van der Waals surface area contributed by atoms with Crippen molar-refractivity contribution < 1.29 is 23.9 Å². The Morgan fingerprint density at radius 1 is 1.12 bits per heavy atom. The fraction of sp³-hybridized carbons (Fsp3) is 0.500. The predicted molar refractivity (Wildman–Crippen MR) is 93.3 cm³/mol. The van der Waals surface area contributed by atoms with E-state index in [-0.39, 0.29) is 31.0 Å². The van der Waals surface area contributed by atoms with Gasteiger partial charge >= 0.3 is 5.97 Å². The zero-order chi connectivity index (χ0) is 18.8. The van der Waals surface area contributed by atoms with Crippen molar-refractivity contribution in [2.24, 2.45) is 5.92 Å². The summed E-state index contributed by atoms with van der Waals surface area (Å²) >= 11 is 0. The molecule has 138 valence electrons. The molecule has 1 rings (SSSR count). The van der Waals surface area contributed by atoms with Crippen molar-refractivity contribution in [3.8, 4) is 5.75 Å². The van der Waals surface area contributed by atoms with E-state index >= 15 is 0 Å². The molecule has 0 saturated carbocycles. The summed E-state index contributed by atoms with van der Waals surface area (Å²) in [5.74, 6) is -0.779. The lowest BCUT2D eigenvalue weighted by Crippen LogP contribution is -2.39. The molecule has 0 bridgehead atoms. The molecule has 0 unspecified atom stereocenters. The number of carbonyl (C=O) groups excluding carboxylic acids is 3. The number of hydrogen-bond donors (Lipinski definition) is 2. The molecule has 0 fully saturated rings. The summed E-state index contributed by atoms with van der Waals surface area (Å²) < 4.78 is 10.2. The molecule has 25 heavy (non-hydrogen) atoms. The third-order valence-electron chi connectivity index (χ3n) is 3.58. The number of hydrogen-bond acceptors (Lipinski definition) is 5. The molecule has 7 heteroatoms. The van der Waals surface area contributed by atoms with Gasteiger partial charge in [-0.25, -0.2) is 0 Å². The Kier molecular flexibility index (Phi) is 8.46. The van der Waals surface area contributed by atoms with Crippen LogP contribution in [0.5, 0.6) is 5.75 Å². The molecule has 2 amide bonds. The van der Waals surface area contributed by atoms with Crippen LogP contribution in [0, 0.1) is 5.92 Å². The SMILES string of the molecule is CCOc1ccccc1C(=O)NCC(=O)OCC(=O)N[C@@H](C)C(C)C. The van der Waals surface area contributed by atoms with Crippen LogP contribution < -0.4 is 15.4 Å². The quantitative estimate of drug-likeness (QED) is 0.659. The average Bonchev–Trinajstić information content (AvgIpc) is 2.58. The van der Waals surface area contributed by atoms with E-state index in [0.29, 0.717) is 17.9 Å². The fourth-order valence-corrected chi connectivity index (χ4v) is 1.84. The number of rotatable bonds is 9. The molecule has 0 aliphatic heterocycles. The number of amides is 2. The van der Waals surface area contributed by atoms with E-state index in [1.54, 1.807) is 24.3 Å². The van der Waals surface area contributed by atoms with E-state index in [0.717, 1.165) is 0 Å². The topological polar surface area (TPSA) is 93.7 Å². The Labute approximate surface area is 148 Å². The van der Waals surface area contributed by atoms with Crippen LogP contribution >= 0.6 is 0 Å². The number of nitrogens with one attached hydrogen (secondary N) is 2. The minimum Gasteiger partial charge on any atom is -0.493 e. The van der Waals surface area contributed by atoms with Crippen LogP contribution in [0.1, 0.15) is 38.1 Å². The van der Waals surface area contributed by atoms with Gasteiger partial charge < -0.3 is 20.1 Å². The first-order valence-corrected chi connectivity index (χ1v) is 8.30. The van der Waals surface area contributed by atoms with Crippen molar-refractivity contribution in [1.82, 2.24) is 10.6 Å². The van der Waals surface area contributed by atoms with Crippen molar-refractivity contribution in [2.75, 3.05) is 19.8 Å². The van der Waals surface area contributed by atoms with Gasteiger partial charge in [-0.3, -0.25) is 14.4 Å². The molecular weight excluding hydrogens is 324 g/mol. The Morgan fingerprint density at radius 2 is 1.80 bits per heavy atom. The first-order chi connectivity index (χ1) is 11.8. The van der Waals surface area contributed by atoms with Gasteiger partial charge in [0.15, 0.2) is 6.61 Å². The Morgan fingerprint density at radius 3 is 2.44 bits per heavy atom. The lowest BCUT2D eigenvalue weighted by Gasteiger charge is -2.17. The Balaban J connectivity index is 2.41. The maximum absolute atomic E-state index is 12.1. The molecule has 2 N–H and O–H groups in total. The number of esters is 1. The highest BCUT2D eigenvalue weighted by atomic mass is 16.5. The summed E-state index contributed by atoms with van der Waals surface area (Å²) in [6.07, 6.45) is 0. The van der Waals surface area contributed by atoms with Crippen LogP contribution in [0.15, 0.2) is 24.3 Å². The van der Waals surface area contributed by atoms with Crippen LogP contribution in [0.3, 0.4) is 0 Å². The van der Waals surface area contributed by atoms with E-state index in [1.165, 1.54) is 0 Å². The highest BCUT2D eigenvalue weighted by Crippen LogP contribution is 2.17. The molecule has 1 aromatic rings. The second kappa shape index (κ2) is 10.3. The van der Waals surface area contributed by atoms with Gasteiger partial charge in [-0.15, -0.1) is 0 Å². The molecule has 0 spiro atoms. The first kappa shape index (κ1) is 20.5. The number of benzene rings is 1. The van der Waals surface area contributed by atoms with Crippen LogP contribution in [0.25, 0.3) is 0 Å². The molecule has 7 nitrogen and oxygen atoms in total. The summed E-state index contributed by atoms with van der Waals surface area (Å²) in [5, 5.41) is 5.18. The normalized spacial score (nSPS) is 11.6. The van der Waals surface area contributed by atoms with Gasteiger partial charge in [0, 0.05) is 6.04 Å². The molecule has 0 aliphatic carbocycles. The van der Waals surface area contributed by atoms with Crippen LogP contribution in [-0.2, 0) is 14.3 Å². The summed E-state index contributed by atoms with van der Waals surface area (Å²) in [7, 11) is 0. The molecule has 0 aliphatic rings. The molecule has 0 radical (unpaired) electrons. The van der Waals surface area contributed by atoms with Gasteiger partial charge in [-0.1, -0.05) is 26.0 Å². The average molecular weight is 350 g/mol. The summed E-state index contributed by atoms with van der Waals surface area (Å²) in [6.45, 7) is 7.38. The van der Waals surface area contributed by atoms with Gasteiger partial charge in [0.25, 0.3) is 11.8 Å². The lowest BCUT2D eigenvalue weighted by molar-refractivity contribution is -0.147. The monoisotopic (exact) mass is 350 g/mol. The van der Waals surface area contributed by atoms with E-state index in [4.69, 9.17) is 9.47 Å². The Bertz CT molecular complexity index is 601. The predicted octanol–water partition coefficient (Wildman–Crippen LogP) is 1.52. The third-order valence-corrected chi connectivity index (χ3v) is 3.58. The van der Waals surface area contributed by atoms with E-state index < -0.39 is 11.9 Å². The highest BCUT2D eigenvalue weighted by Gasteiger charge is 2.15. The second-order valence-corrected chi connectivity index (χ2v) is 5.87. The van der Waals surface area contributed by atoms with E-state index in [2.05, 4.69) is 10.6 Å². The minimum atomic E-state index is -0.686. The van der Waals surface area contributed by atoms with Gasteiger partial charge in [0.2, 0.25) is 0 Å². The van der Waals surface area contributed by atoms with E-state index in [9.17, 15) is 14.4 Å². The Hall–Kier alpha value is -2.57. The standard InChI is InChI=1S/C18H26N2O5/c1-5-24-15-9-7-6-8-14(15)18(23)19-10-17(22)25-11-16(21)20-13(4)12(2)3/h6-9,12-13H,5,10-11H2,1-4H3,(H,19,23)(H,20,21)/t13-/m0/s1. The maximum atomic E-state index is 12.1. The molecule has 1 aromatic carbocycles. The molecule has 1 atom stereocenters. The minimum absolute atomic E-state index is 0.0130. The zero-order valence-electron chi connectivity index (χ0n) is 15.1. The van der Waals surface area contributed by atoms with Crippen molar-refractivity contribution in [3.63, 3.8) is 0 Å². The largest absolute Gasteiger partial charge is 0.493 e. The van der Waals surface area contributed by atoms with Gasteiger partial charge in [0.1, 0.15) is 12.3 Å². The van der Waals surface area contributed by atoms with Crippen molar-refractivity contribution in [3.05, 3.63) is 29.8 Å². The molecule has 0 saturated heterocycles. The van der Waals surface area contributed by atoms with Crippen LogP contribution in [-0.4, -0.2) is 43.6 Å². The zero-order valence-corrected chi connectivity index (χ0v) is 15.1. The smallest absolute Gasteiger partial charge is 0.325 e. The third kappa shape index (κ3) is 7.24. The van der Waals surface area contributed by atoms with Gasteiger partial charge in [0.05, 0.1) is 12.2 Å². The van der Waals surface area contributed by atoms with Crippen molar-refractivity contribution in [1.29, 1.82) is 0 Å². The number of carbonyl (C=O) groups is 3. The highest BCUT2D eigenvalue weighted by molar-refractivity contribution is 5.98. The number of ether oxygens (including phenoxy) is 2. The second-order valence-electron chi connectivity index (χ2n) is 5.87. The first-order valence-electron chi connectivity index (χ1n) is 8.30. The van der Waals surface area contributed by atoms with Gasteiger partial charge in [-0.05, 0) is 31.9 Å². The lowest BCUT2D eigenvalue weighted by atomic mass is 10.1. The van der Waals surface area contributed by atoms with Crippen LogP contribution in [0.4, 0.5) is 0 Å². The van der Waals surface area contributed by atoms with E-state index in [1.807, 2.05) is 27.7 Å². The van der Waals surface area contributed by atoms with Crippen LogP contribution in [0.2, 0.25) is 0 Å². The van der Waals surface area contributed by atoms with Crippen molar-refractivity contribution >= 4 is 17.8 Å². The maximum Gasteiger partial charge on any atom is 0.325 e. The molecule has 0 aromatic heterocycles. The summed E-state index contributed by atoms with van der Waals surface area (Å²) in [6, 6.07) is 6.73. The van der Waals surface area contributed by atoms with Gasteiger partial charge in [-0.2, -0.15) is 0 Å². The fourth-order valence-electron chi connectivity index (χ4n) is 1.84. The summed E-state index contributed by atoms with van der Waals surface area (Å²) in [5.41, 5.74) is 0.334. The van der Waals surface area contributed by atoms with Crippen molar-refractivity contribution in [2.45, 2.75) is 33.7 Å². The molecular formula is C18H26N2O5. The molecule has 0 heterocycles. The number of para-hydroxylation sites is 1. The summed E-state index contributed by atoms with van der Waals surface area (Å²) in [4.78, 5) is 35.4.